The summed E-state index contributed by atoms with van der Waals surface area (Å²) in [6.45, 7) is 9.34. The molecule has 0 heterocycles. The van der Waals surface area contributed by atoms with Crippen LogP contribution in [-0.2, 0) is 6.54 Å². The summed E-state index contributed by atoms with van der Waals surface area (Å²) in [5.74, 6) is -0.176. The lowest BCUT2D eigenvalue weighted by atomic mass is 9.82. The summed E-state index contributed by atoms with van der Waals surface area (Å²) in [7, 11) is 0. The number of benzene rings is 2. The molecule has 2 heteroatoms. The van der Waals surface area contributed by atoms with E-state index in [1.807, 2.05) is 19.1 Å². The molecule has 2 aromatic carbocycles. The maximum atomic E-state index is 13.4. The van der Waals surface area contributed by atoms with Gasteiger partial charge in [0.1, 0.15) is 5.82 Å². The van der Waals surface area contributed by atoms with Crippen LogP contribution in [0.5, 0.6) is 0 Å². The van der Waals surface area contributed by atoms with Crippen molar-refractivity contribution in [2.75, 3.05) is 0 Å². The van der Waals surface area contributed by atoms with Crippen molar-refractivity contribution < 1.29 is 4.39 Å². The van der Waals surface area contributed by atoms with E-state index in [1.165, 1.54) is 11.6 Å². The second-order valence-electron chi connectivity index (χ2n) is 6.66. The minimum atomic E-state index is -0.176. The summed E-state index contributed by atoms with van der Waals surface area (Å²) in [6, 6.07) is 15.6. The third kappa shape index (κ3) is 4.15. The first-order chi connectivity index (χ1) is 9.88. The van der Waals surface area contributed by atoms with Crippen LogP contribution in [0.15, 0.2) is 48.5 Å². The molecule has 0 aliphatic heterocycles. The van der Waals surface area contributed by atoms with Crippen LogP contribution < -0.4 is 5.32 Å². The summed E-state index contributed by atoms with van der Waals surface area (Å²) in [6.07, 6.45) is 0. The van der Waals surface area contributed by atoms with E-state index in [1.54, 1.807) is 6.07 Å². The van der Waals surface area contributed by atoms with Crippen LogP contribution in [0.1, 0.15) is 43.5 Å². The lowest BCUT2D eigenvalue weighted by molar-refractivity contribution is 0.271. The van der Waals surface area contributed by atoms with Crippen LogP contribution in [0.25, 0.3) is 0 Å². The van der Waals surface area contributed by atoms with E-state index < -0.39 is 0 Å². The maximum absolute atomic E-state index is 13.4. The van der Waals surface area contributed by atoms with Crippen molar-refractivity contribution in [3.05, 3.63) is 71.0 Å². The normalized spacial score (nSPS) is 13.2. The molecular formula is C19H24FN. The van der Waals surface area contributed by atoms with Gasteiger partial charge in [0, 0.05) is 12.6 Å². The Bertz CT molecular complexity index is 584. The Labute approximate surface area is 127 Å². The highest BCUT2D eigenvalue weighted by Crippen LogP contribution is 2.33. The van der Waals surface area contributed by atoms with E-state index in [4.69, 9.17) is 0 Å². The molecule has 2 rings (SSSR count). The molecule has 0 bridgehead atoms. The Hall–Kier alpha value is -1.67. The van der Waals surface area contributed by atoms with Crippen molar-refractivity contribution >= 4 is 0 Å². The zero-order valence-corrected chi connectivity index (χ0v) is 13.3. The standard InChI is InChI=1S/C19H24FN/c1-14-10-11-17(20)12-16(14)13-21-18(19(2,3)4)15-8-6-5-7-9-15/h5-12,18,21H,13H2,1-4H3. The van der Waals surface area contributed by atoms with Crippen molar-refractivity contribution in [2.45, 2.75) is 40.3 Å². The number of rotatable bonds is 4. The van der Waals surface area contributed by atoms with Gasteiger partial charge in [0.15, 0.2) is 0 Å². The molecule has 112 valence electrons. The lowest BCUT2D eigenvalue weighted by Gasteiger charge is -2.32. The molecule has 0 aliphatic rings. The van der Waals surface area contributed by atoms with Gasteiger partial charge in [-0.1, -0.05) is 57.2 Å². The minimum absolute atomic E-state index is 0.0859. The molecular weight excluding hydrogens is 261 g/mol. The molecule has 0 amide bonds. The molecule has 0 aromatic heterocycles. The van der Waals surface area contributed by atoms with Crippen LogP contribution in [0.2, 0.25) is 0 Å². The lowest BCUT2D eigenvalue weighted by Crippen LogP contribution is -2.32. The third-order valence-corrected chi connectivity index (χ3v) is 3.81. The van der Waals surface area contributed by atoms with Crippen LogP contribution >= 0.6 is 0 Å². The van der Waals surface area contributed by atoms with Gasteiger partial charge in [-0.2, -0.15) is 0 Å². The van der Waals surface area contributed by atoms with Crippen LogP contribution in [0.3, 0.4) is 0 Å². The van der Waals surface area contributed by atoms with Crippen LogP contribution in [-0.4, -0.2) is 0 Å². The molecule has 0 aliphatic carbocycles. The van der Waals surface area contributed by atoms with E-state index in [0.717, 1.165) is 11.1 Å². The number of hydrogen-bond acceptors (Lipinski definition) is 1. The van der Waals surface area contributed by atoms with Crippen molar-refractivity contribution in [3.8, 4) is 0 Å². The smallest absolute Gasteiger partial charge is 0.123 e. The fraction of sp³-hybridized carbons (Fsp3) is 0.368. The molecule has 2 aromatic rings. The fourth-order valence-corrected chi connectivity index (χ4v) is 2.61. The van der Waals surface area contributed by atoms with Gasteiger partial charge in [-0.15, -0.1) is 0 Å². The van der Waals surface area contributed by atoms with Crippen LogP contribution in [0, 0.1) is 18.2 Å². The van der Waals surface area contributed by atoms with Gasteiger partial charge < -0.3 is 5.32 Å². The molecule has 0 saturated heterocycles. The Morgan fingerprint density at radius 2 is 1.71 bits per heavy atom. The zero-order valence-electron chi connectivity index (χ0n) is 13.3. The summed E-state index contributed by atoms with van der Waals surface area (Å²) in [5.41, 5.74) is 3.48. The van der Waals surface area contributed by atoms with Crippen molar-refractivity contribution in [1.29, 1.82) is 0 Å². The van der Waals surface area contributed by atoms with Gasteiger partial charge in [0.05, 0.1) is 0 Å². The summed E-state index contributed by atoms with van der Waals surface area (Å²) in [5, 5.41) is 3.59. The zero-order chi connectivity index (χ0) is 15.5. The fourth-order valence-electron chi connectivity index (χ4n) is 2.61. The largest absolute Gasteiger partial charge is 0.305 e. The third-order valence-electron chi connectivity index (χ3n) is 3.81. The van der Waals surface area contributed by atoms with Crippen molar-refractivity contribution in [1.82, 2.24) is 5.32 Å². The summed E-state index contributed by atoms with van der Waals surface area (Å²) in [4.78, 5) is 0. The van der Waals surface area contributed by atoms with E-state index in [9.17, 15) is 4.39 Å². The highest BCUT2D eigenvalue weighted by atomic mass is 19.1. The first kappa shape index (κ1) is 15.7. The maximum Gasteiger partial charge on any atom is 0.123 e. The van der Waals surface area contributed by atoms with Gasteiger partial charge in [0.2, 0.25) is 0 Å². The minimum Gasteiger partial charge on any atom is -0.305 e. The average molecular weight is 285 g/mol. The molecule has 21 heavy (non-hydrogen) atoms. The molecule has 1 unspecified atom stereocenters. The van der Waals surface area contributed by atoms with Gasteiger partial charge in [-0.3, -0.25) is 0 Å². The first-order valence-electron chi connectivity index (χ1n) is 7.41. The predicted molar refractivity (Wildman–Crippen MR) is 86.6 cm³/mol. The Morgan fingerprint density at radius 1 is 1.05 bits per heavy atom. The van der Waals surface area contributed by atoms with E-state index in [2.05, 4.69) is 50.4 Å². The van der Waals surface area contributed by atoms with Crippen molar-refractivity contribution in [2.24, 2.45) is 5.41 Å². The topological polar surface area (TPSA) is 12.0 Å². The van der Waals surface area contributed by atoms with Crippen LogP contribution in [0.4, 0.5) is 4.39 Å². The SMILES string of the molecule is Cc1ccc(F)cc1CNC(c1ccccc1)C(C)(C)C. The van der Waals surface area contributed by atoms with E-state index >= 15 is 0 Å². The monoisotopic (exact) mass is 285 g/mol. The van der Waals surface area contributed by atoms with Gasteiger partial charge in [-0.05, 0) is 41.2 Å². The Morgan fingerprint density at radius 3 is 2.33 bits per heavy atom. The van der Waals surface area contributed by atoms with Gasteiger partial charge >= 0.3 is 0 Å². The number of aryl methyl sites for hydroxylation is 1. The molecule has 1 nitrogen and oxygen atoms in total. The van der Waals surface area contributed by atoms with Gasteiger partial charge in [-0.25, -0.2) is 4.39 Å². The molecule has 1 atom stereocenters. The van der Waals surface area contributed by atoms with E-state index in [-0.39, 0.29) is 17.3 Å². The molecule has 1 N–H and O–H groups in total. The predicted octanol–water partition coefficient (Wildman–Crippen LogP) is 5.01. The highest BCUT2D eigenvalue weighted by molar-refractivity contribution is 5.27. The number of halogens is 1. The number of hydrogen-bond donors (Lipinski definition) is 1. The quantitative estimate of drug-likeness (QED) is 0.832. The second kappa shape index (κ2) is 6.40. The van der Waals surface area contributed by atoms with Gasteiger partial charge in [0.25, 0.3) is 0 Å². The first-order valence-corrected chi connectivity index (χ1v) is 7.41. The molecule has 0 radical (unpaired) electrons. The highest BCUT2D eigenvalue weighted by Gasteiger charge is 2.25. The Balaban J connectivity index is 2.19. The average Bonchev–Trinajstić information content (AvgIpc) is 2.42. The molecule has 0 fully saturated rings. The van der Waals surface area contributed by atoms with Crippen molar-refractivity contribution in [3.63, 3.8) is 0 Å². The molecule has 0 spiro atoms. The van der Waals surface area contributed by atoms with E-state index in [0.29, 0.717) is 6.54 Å². The number of nitrogens with one attached hydrogen (secondary N) is 1. The summed E-state index contributed by atoms with van der Waals surface area (Å²) >= 11 is 0. The second-order valence-corrected chi connectivity index (χ2v) is 6.66. The molecule has 0 saturated carbocycles. The summed E-state index contributed by atoms with van der Waals surface area (Å²) < 4.78 is 13.4. The Kier molecular flexibility index (Phi) is 4.79.